The second-order valence-electron chi connectivity index (χ2n) is 6.44. The van der Waals surface area contributed by atoms with Crippen LogP contribution < -0.4 is 11.1 Å². The molecule has 1 amide bonds. The van der Waals surface area contributed by atoms with Gasteiger partial charge in [0.2, 0.25) is 5.89 Å². The summed E-state index contributed by atoms with van der Waals surface area (Å²) in [5.41, 5.74) is 8.88. The van der Waals surface area contributed by atoms with Crippen molar-refractivity contribution in [3.05, 3.63) is 53.2 Å². The van der Waals surface area contributed by atoms with E-state index < -0.39 is 0 Å². The van der Waals surface area contributed by atoms with Gasteiger partial charge in [-0.3, -0.25) is 4.79 Å². The van der Waals surface area contributed by atoms with Gasteiger partial charge in [0.15, 0.2) is 5.69 Å². The predicted octanol–water partition coefficient (Wildman–Crippen LogP) is 3.67. The lowest BCUT2D eigenvalue weighted by atomic mass is 9.88. The van der Waals surface area contributed by atoms with Crippen LogP contribution in [-0.4, -0.2) is 10.9 Å². The largest absolute Gasteiger partial charge is 0.446 e. The average Bonchev–Trinajstić information content (AvgIpc) is 3.10. The zero-order valence-electron chi connectivity index (χ0n) is 14.1. The predicted molar refractivity (Wildman–Crippen MR) is 92.5 cm³/mol. The Morgan fingerprint density at radius 2 is 2.29 bits per heavy atom. The molecule has 128 valence electrons. The molecule has 1 aliphatic carbocycles. The maximum atomic E-state index is 12.5. The Balaban J connectivity index is 1.67. The molecule has 1 aromatic heterocycles. The molecule has 0 spiro atoms. The van der Waals surface area contributed by atoms with Crippen molar-refractivity contribution in [1.82, 2.24) is 10.3 Å². The number of oxazole rings is 1. The monoisotopic (exact) mass is 327 g/mol. The van der Waals surface area contributed by atoms with E-state index in [9.17, 15) is 4.79 Å². The van der Waals surface area contributed by atoms with Gasteiger partial charge < -0.3 is 15.5 Å². The molecule has 1 heterocycles. The Morgan fingerprint density at radius 3 is 3.12 bits per heavy atom. The number of benzene rings is 1. The number of rotatable bonds is 6. The molecule has 2 aromatic rings. The minimum absolute atomic E-state index is 0.0383. The second kappa shape index (κ2) is 7.62. The number of amides is 1. The minimum Gasteiger partial charge on any atom is -0.446 e. The summed E-state index contributed by atoms with van der Waals surface area (Å²) in [4.78, 5) is 16.8. The number of nitrogens with one attached hydrogen (secondary N) is 1. The number of unbranched alkanes of at least 4 members (excludes halogenated alkanes) is 1. The minimum atomic E-state index is -0.248. The number of aromatic nitrogens is 1. The molecule has 2 atom stereocenters. The van der Waals surface area contributed by atoms with Crippen LogP contribution in [0.4, 0.5) is 0 Å². The van der Waals surface area contributed by atoms with Crippen LogP contribution in [0, 0.1) is 0 Å². The SMILES string of the molecule is CCCCC(N)c1nc(C(=O)NC2CCCc3ccccc32)co1. The van der Waals surface area contributed by atoms with Gasteiger partial charge in [-0.25, -0.2) is 4.98 Å². The molecular formula is C19H25N3O2. The highest BCUT2D eigenvalue weighted by Crippen LogP contribution is 2.29. The van der Waals surface area contributed by atoms with Crippen molar-refractivity contribution < 1.29 is 9.21 Å². The van der Waals surface area contributed by atoms with Gasteiger partial charge in [-0.2, -0.15) is 0 Å². The Labute approximate surface area is 142 Å². The molecule has 0 saturated carbocycles. The van der Waals surface area contributed by atoms with Crippen molar-refractivity contribution in [3.8, 4) is 0 Å². The highest BCUT2D eigenvalue weighted by molar-refractivity contribution is 5.92. The fourth-order valence-corrected chi connectivity index (χ4v) is 3.25. The molecular weight excluding hydrogens is 302 g/mol. The van der Waals surface area contributed by atoms with Crippen molar-refractivity contribution in [3.63, 3.8) is 0 Å². The lowest BCUT2D eigenvalue weighted by Gasteiger charge is -2.25. The van der Waals surface area contributed by atoms with E-state index in [1.807, 2.05) is 12.1 Å². The molecule has 24 heavy (non-hydrogen) atoms. The summed E-state index contributed by atoms with van der Waals surface area (Å²) in [5, 5.41) is 3.08. The van der Waals surface area contributed by atoms with Crippen LogP contribution in [0.15, 0.2) is 34.9 Å². The van der Waals surface area contributed by atoms with E-state index in [4.69, 9.17) is 10.2 Å². The first kappa shape index (κ1) is 16.7. The van der Waals surface area contributed by atoms with E-state index in [-0.39, 0.29) is 18.0 Å². The third kappa shape index (κ3) is 3.67. The van der Waals surface area contributed by atoms with Gasteiger partial charge in [-0.1, -0.05) is 44.0 Å². The van der Waals surface area contributed by atoms with Crippen molar-refractivity contribution in [2.75, 3.05) is 0 Å². The molecule has 5 nitrogen and oxygen atoms in total. The first-order chi connectivity index (χ1) is 11.7. The van der Waals surface area contributed by atoms with Gasteiger partial charge in [0.25, 0.3) is 5.91 Å². The van der Waals surface area contributed by atoms with Crippen LogP contribution in [0.5, 0.6) is 0 Å². The maximum absolute atomic E-state index is 12.5. The van der Waals surface area contributed by atoms with E-state index in [0.29, 0.717) is 11.6 Å². The third-order valence-electron chi connectivity index (χ3n) is 4.62. The van der Waals surface area contributed by atoms with E-state index in [1.165, 1.54) is 17.4 Å². The number of nitrogens with two attached hydrogens (primary N) is 1. The molecule has 1 aliphatic rings. The van der Waals surface area contributed by atoms with Gasteiger partial charge in [0.05, 0.1) is 12.1 Å². The summed E-state index contributed by atoms with van der Waals surface area (Å²) in [7, 11) is 0. The van der Waals surface area contributed by atoms with E-state index >= 15 is 0 Å². The average molecular weight is 327 g/mol. The quantitative estimate of drug-likeness (QED) is 0.848. The van der Waals surface area contributed by atoms with E-state index in [0.717, 1.165) is 38.5 Å². The molecule has 2 unspecified atom stereocenters. The van der Waals surface area contributed by atoms with Crippen molar-refractivity contribution in [2.45, 2.75) is 57.5 Å². The number of hydrogen-bond acceptors (Lipinski definition) is 4. The van der Waals surface area contributed by atoms with Crippen LogP contribution in [0.1, 0.15) is 78.6 Å². The van der Waals surface area contributed by atoms with Gasteiger partial charge in [0, 0.05) is 0 Å². The fraction of sp³-hybridized carbons (Fsp3) is 0.474. The smallest absolute Gasteiger partial charge is 0.273 e. The highest BCUT2D eigenvalue weighted by atomic mass is 16.3. The number of aryl methyl sites for hydroxylation is 1. The Bertz CT molecular complexity index is 695. The number of hydrogen-bond donors (Lipinski definition) is 2. The summed E-state index contributed by atoms with van der Waals surface area (Å²) < 4.78 is 5.41. The topological polar surface area (TPSA) is 81.1 Å². The highest BCUT2D eigenvalue weighted by Gasteiger charge is 2.24. The molecule has 0 saturated heterocycles. The summed E-state index contributed by atoms with van der Waals surface area (Å²) in [5.74, 6) is 0.243. The normalized spacial score (nSPS) is 18.0. The summed E-state index contributed by atoms with van der Waals surface area (Å²) in [6.45, 7) is 2.11. The molecule has 5 heteroatoms. The fourth-order valence-electron chi connectivity index (χ4n) is 3.25. The van der Waals surface area contributed by atoms with Crippen LogP contribution in [0.3, 0.4) is 0 Å². The van der Waals surface area contributed by atoms with Crippen molar-refractivity contribution in [2.24, 2.45) is 5.73 Å². The van der Waals surface area contributed by atoms with Gasteiger partial charge in [-0.05, 0) is 36.8 Å². The molecule has 0 bridgehead atoms. The lowest BCUT2D eigenvalue weighted by Crippen LogP contribution is -2.31. The van der Waals surface area contributed by atoms with Crippen LogP contribution in [0.2, 0.25) is 0 Å². The summed E-state index contributed by atoms with van der Waals surface area (Å²) >= 11 is 0. The first-order valence-electron chi connectivity index (χ1n) is 8.78. The van der Waals surface area contributed by atoms with Gasteiger partial charge >= 0.3 is 0 Å². The third-order valence-corrected chi connectivity index (χ3v) is 4.62. The van der Waals surface area contributed by atoms with Gasteiger partial charge in [0.1, 0.15) is 6.26 Å². The number of carbonyl (C=O) groups excluding carboxylic acids is 1. The van der Waals surface area contributed by atoms with Crippen LogP contribution >= 0.6 is 0 Å². The van der Waals surface area contributed by atoms with Crippen molar-refractivity contribution in [1.29, 1.82) is 0 Å². The molecule has 1 aromatic carbocycles. The number of fused-ring (bicyclic) bond motifs is 1. The molecule has 3 N–H and O–H groups in total. The molecule has 0 aliphatic heterocycles. The first-order valence-corrected chi connectivity index (χ1v) is 8.78. The Hall–Kier alpha value is -2.14. The number of carbonyl (C=O) groups is 1. The Morgan fingerprint density at radius 1 is 1.46 bits per heavy atom. The zero-order valence-corrected chi connectivity index (χ0v) is 14.1. The van der Waals surface area contributed by atoms with Crippen LogP contribution in [-0.2, 0) is 6.42 Å². The molecule has 0 radical (unpaired) electrons. The second-order valence-corrected chi connectivity index (χ2v) is 6.44. The lowest BCUT2D eigenvalue weighted by molar-refractivity contribution is 0.0927. The zero-order chi connectivity index (χ0) is 16.9. The van der Waals surface area contributed by atoms with Gasteiger partial charge in [-0.15, -0.1) is 0 Å². The van der Waals surface area contributed by atoms with E-state index in [1.54, 1.807) is 0 Å². The summed E-state index contributed by atoms with van der Waals surface area (Å²) in [6.07, 6.45) is 7.41. The van der Waals surface area contributed by atoms with Crippen molar-refractivity contribution >= 4 is 5.91 Å². The maximum Gasteiger partial charge on any atom is 0.273 e. The van der Waals surface area contributed by atoms with Crippen LogP contribution in [0.25, 0.3) is 0 Å². The van der Waals surface area contributed by atoms with E-state index in [2.05, 4.69) is 29.4 Å². The summed E-state index contributed by atoms with van der Waals surface area (Å²) in [6, 6.07) is 8.08. The number of nitrogens with zero attached hydrogens (tertiary/aromatic N) is 1. The Kier molecular flexibility index (Phi) is 5.30. The standard InChI is InChI=1S/C19H25N3O2/c1-2-3-10-15(20)19-22-17(12-24-19)18(23)21-16-11-6-8-13-7-4-5-9-14(13)16/h4-5,7,9,12,15-16H,2-3,6,8,10-11,20H2,1H3,(H,21,23). The molecule has 0 fully saturated rings. The molecule has 3 rings (SSSR count).